The standard InChI is InChI=1S/C20H24N2O5/c23-18(13-9-11-15(12-10-13)27-14-5-1-2-6-14)21-22-19(24)16-7-3-4-8-17(16)20(25)26/h3-4,9-12,14,16-17H,1-2,5-8H2,(H,21,23)(H,22,24)(H,25,26)/t16-,17+/m0/s1. The molecule has 1 aromatic rings. The summed E-state index contributed by atoms with van der Waals surface area (Å²) < 4.78 is 5.86. The van der Waals surface area contributed by atoms with E-state index in [0.717, 1.165) is 18.6 Å². The van der Waals surface area contributed by atoms with Gasteiger partial charge in [0.15, 0.2) is 0 Å². The number of carbonyl (C=O) groups is 3. The summed E-state index contributed by atoms with van der Waals surface area (Å²) in [5.74, 6) is -2.73. The van der Waals surface area contributed by atoms with E-state index < -0.39 is 29.6 Å². The lowest BCUT2D eigenvalue weighted by molar-refractivity contribution is -0.147. The predicted octanol–water partition coefficient (Wildman–Crippen LogP) is 2.44. The van der Waals surface area contributed by atoms with Crippen molar-refractivity contribution in [2.75, 3.05) is 0 Å². The van der Waals surface area contributed by atoms with Crippen LogP contribution < -0.4 is 15.6 Å². The van der Waals surface area contributed by atoms with Crippen molar-refractivity contribution in [1.29, 1.82) is 0 Å². The van der Waals surface area contributed by atoms with E-state index in [1.165, 1.54) is 12.8 Å². The maximum atomic E-state index is 12.3. The third-order valence-corrected chi connectivity index (χ3v) is 5.11. The fraction of sp³-hybridized carbons (Fsp3) is 0.450. The average molecular weight is 372 g/mol. The molecular weight excluding hydrogens is 348 g/mol. The quantitative estimate of drug-likeness (QED) is 0.544. The molecule has 0 aromatic heterocycles. The molecule has 2 atom stereocenters. The molecule has 1 aromatic carbocycles. The lowest BCUT2D eigenvalue weighted by Gasteiger charge is -2.24. The van der Waals surface area contributed by atoms with Crippen molar-refractivity contribution < 1.29 is 24.2 Å². The highest BCUT2D eigenvalue weighted by Gasteiger charge is 2.34. The number of amides is 2. The number of aliphatic carboxylic acids is 1. The normalized spacial score (nSPS) is 22.2. The van der Waals surface area contributed by atoms with Crippen LogP contribution in [-0.2, 0) is 9.59 Å². The first kappa shape index (κ1) is 18.9. The molecule has 7 heteroatoms. The highest BCUT2D eigenvalue weighted by Crippen LogP contribution is 2.26. The van der Waals surface area contributed by atoms with Gasteiger partial charge >= 0.3 is 5.97 Å². The Bertz CT molecular complexity index is 722. The number of hydrazine groups is 1. The predicted molar refractivity (Wildman–Crippen MR) is 97.9 cm³/mol. The summed E-state index contributed by atoms with van der Waals surface area (Å²) >= 11 is 0. The van der Waals surface area contributed by atoms with Gasteiger partial charge < -0.3 is 9.84 Å². The van der Waals surface area contributed by atoms with Gasteiger partial charge in [-0.1, -0.05) is 12.2 Å². The third kappa shape index (κ3) is 4.87. The Morgan fingerprint density at radius 2 is 1.56 bits per heavy atom. The molecule has 27 heavy (non-hydrogen) atoms. The number of allylic oxidation sites excluding steroid dienone is 2. The maximum absolute atomic E-state index is 12.3. The number of carboxylic acid groups (broad SMARTS) is 1. The van der Waals surface area contributed by atoms with Crippen molar-refractivity contribution in [3.63, 3.8) is 0 Å². The molecule has 144 valence electrons. The van der Waals surface area contributed by atoms with Crippen molar-refractivity contribution in [1.82, 2.24) is 10.9 Å². The second-order valence-electron chi connectivity index (χ2n) is 6.99. The molecule has 0 heterocycles. The summed E-state index contributed by atoms with van der Waals surface area (Å²) in [5.41, 5.74) is 5.08. The van der Waals surface area contributed by atoms with Crippen LogP contribution in [0.1, 0.15) is 48.9 Å². The topological polar surface area (TPSA) is 105 Å². The minimum atomic E-state index is -1.01. The van der Waals surface area contributed by atoms with Gasteiger partial charge in [-0.25, -0.2) is 0 Å². The zero-order valence-corrected chi connectivity index (χ0v) is 15.0. The summed E-state index contributed by atoms with van der Waals surface area (Å²) in [6.45, 7) is 0. The molecular formula is C20H24N2O5. The number of nitrogens with one attached hydrogen (secondary N) is 2. The monoisotopic (exact) mass is 372 g/mol. The van der Waals surface area contributed by atoms with Gasteiger partial charge in [-0.2, -0.15) is 0 Å². The first-order valence-electron chi connectivity index (χ1n) is 9.29. The van der Waals surface area contributed by atoms with E-state index in [9.17, 15) is 19.5 Å². The Labute approximate surface area is 157 Å². The molecule has 2 amide bonds. The Hall–Kier alpha value is -2.83. The fourth-order valence-corrected chi connectivity index (χ4v) is 3.54. The van der Waals surface area contributed by atoms with Crippen LogP contribution in [0.2, 0.25) is 0 Å². The van der Waals surface area contributed by atoms with Crippen LogP contribution in [0.4, 0.5) is 0 Å². The molecule has 7 nitrogen and oxygen atoms in total. The zero-order chi connectivity index (χ0) is 19.2. The lowest BCUT2D eigenvalue weighted by Crippen LogP contribution is -2.47. The number of rotatable bonds is 5. The van der Waals surface area contributed by atoms with Gasteiger partial charge in [0.05, 0.1) is 17.9 Å². The van der Waals surface area contributed by atoms with Crippen molar-refractivity contribution in [3.05, 3.63) is 42.0 Å². The van der Waals surface area contributed by atoms with Gasteiger partial charge in [0.2, 0.25) is 5.91 Å². The summed E-state index contributed by atoms with van der Waals surface area (Å²) in [5, 5.41) is 9.23. The smallest absolute Gasteiger partial charge is 0.307 e. The number of ether oxygens (including phenoxy) is 1. The molecule has 2 aliphatic carbocycles. The number of carbonyl (C=O) groups excluding carboxylic acids is 2. The van der Waals surface area contributed by atoms with E-state index in [-0.39, 0.29) is 6.10 Å². The first-order chi connectivity index (χ1) is 13.0. The second-order valence-corrected chi connectivity index (χ2v) is 6.99. The van der Waals surface area contributed by atoms with Crippen molar-refractivity contribution in [2.24, 2.45) is 11.8 Å². The summed E-state index contributed by atoms with van der Waals surface area (Å²) in [6.07, 6.45) is 8.93. The van der Waals surface area contributed by atoms with Crippen LogP contribution >= 0.6 is 0 Å². The van der Waals surface area contributed by atoms with Gasteiger partial charge in [0, 0.05) is 5.56 Å². The Kier molecular flexibility index (Phi) is 6.11. The first-order valence-corrected chi connectivity index (χ1v) is 9.29. The van der Waals surface area contributed by atoms with Crippen LogP contribution in [0.15, 0.2) is 36.4 Å². The van der Waals surface area contributed by atoms with Crippen LogP contribution in [0.25, 0.3) is 0 Å². The van der Waals surface area contributed by atoms with Gasteiger partial charge in [0.1, 0.15) is 5.75 Å². The summed E-state index contributed by atoms with van der Waals surface area (Å²) in [7, 11) is 0. The number of benzene rings is 1. The molecule has 0 spiro atoms. The second kappa shape index (κ2) is 8.70. The molecule has 0 saturated heterocycles. The molecule has 0 bridgehead atoms. The minimum absolute atomic E-state index is 0.246. The van der Waals surface area contributed by atoms with Crippen molar-refractivity contribution in [2.45, 2.75) is 44.6 Å². The Morgan fingerprint density at radius 3 is 2.19 bits per heavy atom. The minimum Gasteiger partial charge on any atom is -0.490 e. The van der Waals surface area contributed by atoms with Gasteiger partial charge in [-0.3, -0.25) is 25.2 Å². The van der Waals surface area contributed by atoms with Crippen molar-refractivity contribution >= 4 is 17.8 Å². The molecule has 3 N–H and O–H groups in total. The van der Waals surface area contributed by atoms with Crippen LogP contribution in [0.3, 0.4) is 0 Å². The highest BCUT2D eigenvalue weighted by molar-refractivity contribution is 5.96. The molecule has 0 radical (unpaired) electrons. The van der Waals surface area contributed by atoms with Crippen molar-refractivity contribution in [3.8, 4) is 5.75 Å². The Balaban J connectivity index is 1.51. The SMILES string of the molecule is O=C(NNC(=O)[C@H]1CC=CC[C@H]1C(=O)O)c1ccc(OC2CCCC2)cc1. The number of carboxylic acids is 1. The van der Waals surface area contributed by atoms with E-state index in [0.29, 0.717) is 18.4 Å². The summed E-state index contributed by atoms with van der Waals surface area (Å²) in [4.78, 5) is 35.7. The lowest BCUT2D eigenvalue weighted by atomic mass is 9.82. The third-order valence-electron chi connectivity index (χ3n) is 5.11. The molecule has 3 rings (SSSR count). The fourth-order valence-electron chi connectivity index (χ4n) is 3.54. The average Bonchev–Trinajstić information content (AvgIpc) is 3.19. The van der Waals surface area contributed by atoms with Gasteiger partial charge in [0.25, 0.3) is 5.91 Å². The van der Waals surface area contributed by atoms with E-state index >= 15 is 0 Å². The van der Waals surface area contributed by atoms with Gasteiger partial charge in [-0.05, 0) is 62.8 Å². The van der Waals surface area contributed by atoms with E-state index in [4.69, 9.17) is 4.74 Å². The maximum Gasteiger partial charge on any atom is 0.307 e. The molecule has 0 aliphatic heterocycles. The highest BCUT2D eigenvalue weighted by atomic mass is 16.5. The van der Waals surface area contributed by atoms with Gasteiger partial charge in [-0.15, -0.1) is 0 Å². The van der Waals surface area contributed by atoms with E-state index in [2.05, 4.69) is 10.9 Å². The largest absolute Gasteiger partial charge is 0.490 e. The van der Waals surface area contributed by atoms with E-state index in [1.54, 1.807) is 36.4 Å². The molecule has 0 unspecified atom stereocenters. The molecule has 1 saturated carbocycles. The van der Waals surface area contributed by atoms with Crippen LogP contribution in [0, 0.1) is 11.8 Å². The summed E-state index contributed by atoms with van der Waals surface area (Å²) in [6, 6.07) is 6.74. The zero-order valence-electron chi connectivity index (χ0n) is 15.0. The molecule has 2 aliphatic rings. The number of hydrogen-bond acceptors (Lipinski definition) is 4. The van der Waals surface area contributed by atoms with Crippen LogP contribution in [0.5, 0.6) is 5.75 Å². The van der Waals surface area contributed by atoms with E-state index in [1.807, 2.05) is 0 Å². The van der Waals surface area contributed by atoms with Crippen LogP contribution in [-0.4, -0.2) is 29.0 Å². The Morgan fingerprint density at radius 1 is 0.926 bits per heavy atom. The number of hydrogen-bond donors (Lipinski definition) is 3. The molecule has 1 fully saturated rings.